The van der Waals surface area contributed by atoms with Gasteiger partial charge >= 0.3 is 0 Å². The zero-order chi connectivity index (χ0) is 14.4. The largest absolute Gasteiger partial charge is 0.277 e. The Hall–Kier alpha value is -2.50. The zero-order valence-corrected chi connectivity index (χ0v) is 11.6. The number of hydrogen-bond donors (Lipinski definition) is 0. The van der Waals surface area contributed by atoms with E-state index in [-0.39, 0.29) is 5.82 Å². The lowest BCUT2D eigenvalue weighted by molar-refractivity contribution is 0.621. The first-order valence-electron chi connectivity index (χ1n) is 7.03. The molecule has 21 heavy (non-hydrogen) atoms. The molecule has 3 aromatic rings. The summed E-state index contributed by atoms with van der Waals surface area (Å²) >= 11 is 0. The van der Waals surface area contributed by atoms with Crippen LogP contribution >= 0.6 is 0 Å². The minimum absolute atomic E-state index is 0.206. The first-order valence-corrected chi connectivity index (χ1v) is 7.03. The van der Waals surface area contributed by atoms with Gasteiger partial charge in [0.05, 0.1) is 5.69 Å². The first kappa shape index (κ1) is 12.3. The highest BCUT2D eigenvalue weighted by atomic mass is 19.1. The number of aromatic nitrogens is 5. The fraction of sp³-hybridized carbons (Fsp3) is 0.267. The number of benzene rings is 1. The third-order valence-corrected chi connectivity index (χ3v) is 3.82. The molecule has 0 N–H and O–H groups in total. The summed E-state index contributed by atoms with van der Waals surface area (Å²) in [7, 11) is 0. The van der Waals surface area contributed by atoms with Crippen molar-refractivity contribution in [1.29, 1.82) is 0 Å². The molecule has 0 aliphatic carbocycles. The van der Waals surface area contributed by atoms with Gasteiger partial charge in [-0.3, -0.25) is 9.25 Å². The molecule has 3 heterocycles. The quantitative estimate of drug-likeness (QED) is 0.725. The van der Waals surface area contributed by atoms with E-state index in [2.05, 4.69) is 15.3 Å². The number of fused-ring (bicyclic) bond motifs is 3. The molecule has 1 aromatic carbocycles. The van der Waals surface area contributed by atoms with E-state index in [0.29, 0.717) is 5.82 Å². The fourth-order valence-corrected chi connectivity index (χ4v) is 2.77. The maximum Gasteiger partial charge on any atom is 0.189 e. The summed E-state index contributed by atoms with van der Waals surface area (Å²) in [5.74, 6) is 1.40. The van der Waals surface area contributed by atoms with Crippen LogP contribution in [0.3, 0.4) is 0 Å². The molecule has 0 atom stereocenters. The van der Waals surface area contributed by atoms with Crippen molar-refractivity contribution in [2.24, 2.45) is 0 Å². The van der Waals surface area contributed by atoms with Gasteiger partial charge in [-0.1, -0.05) is 0 Å². The average molecular weight is 283 g/mol. The van der Waals surface area contributed by atoms with Crippen LogP contribution in [0.4, 0.5) is 4.39 Å². The van der Waals surface area contributed by atoms with Crippen LogP contribution in [-0.4, -0.2) is 24.5 Å². The minimum Gasteiger partial charge on any atom is -0.277 e. The van der Waals surface area contributed by atoms with E-state index in [1.807, 2.05) is 28.4 Å². The zero-order valence-electron chi connectivity index (χ0n) is 11.6. The van der Waals surface area contributed by atoms with Crippen molar-refractivity contribution < 1.29 is 4.39 Å². The van der Waals surface area contributed by atoms with E-state index in [4.69, 9.17) is 0 Å². The van der Waals surface area contributed by atoms with Gasteiger partial charge in [-0.15, -0.1) is 10.2 Å². The topological polar surface area (TPSA) is 48.5 Å². The molecule has 0 radical (unpaired) electrons. The van der Waals surface area contributed by atoms with Crippen molar-refractivity contribution in [2.45, 2.75) is 26.3 Å². The van der Waals surface area contributed by atoms with Crippen molar-refractivity contribution in [2.75, 3.05) is 0 Å². The van der Waals surface area contributed by atoms with Gasteiger partial charge in [0.1, 0.15) is 17.3 Å². The summed E-state index contributed by atoms with van der Waals surface area (Å²) in [6.07, 6.45) is 3.47. The van der Waals surface area contributed by atoms with Crippen molar-refractivity contribution in [3.8, 4) is 17.2 Å². The Balaban J connectivity index is 1.90. The van der Waals surface area contributed by atoms with E-state index >= 15 is 0 Å². The molecule has 0 unspecified atom stereocenters. The third-order valence-electron chi connectivity index (χ3n) is 3.82. The van der Waals surface area contributed by atoms with E-state index in [1.165, 1.54) is 6.07 Å². The molecular formula is C15H14FN5. The lowest BCUT2D eigenvalue weighted by Gasteiger charge is -2.18. The van der Waals surface area contributed by atoms with Gasteiger partial charge in [-0.2, -0.15) is 5.10 Å². The van der Waals surface area contributed by atoms with Crippen molar-refractivity contribution in [3.05, 3.63) is 47.7 Å². The summed E-state index contributed by atoms with van der Waals surface area (Å²) in [6.45, 7) is 2.84. The molecule has 1 aliphatic rings. The van der Waals surface area contributed by atoms with Gasteiger partial charge in [0, 0.05) is 19.2 Å². The van der Waals surface area contributed by atoms with Crippen LogP contribution < -0.4 is 0 Å². The highest BCUT2D eigenvalue weighted by molar-refractivity contribution is 5.57. The summed E-state index contributed by atoms with van der Waals surface area (Å²) in [5, 5.41) is 13.0. The summed E-state index contributed by atoms with van der Waals surface area (Å²) in [4.78, 5) is 0. The lowest BCUT2D eigenvalue weighted by Crippen LogP contribution is -2.13. The maximum absolute atomic E-state index is 13.4. The van der Waals surface area contributed by atoms with Gasteiger partial charge in [0.2, 0.25) is 0 Å². The van der Waals surface area contributed by atoms with Crippen LogP contribution in [0.15, 0.2) is 30.5 Å². The predicted octanol–water partition coefficient (Wildman–Crippen LogP) is 2.39. The maximum atomic E-state index is 13.4. The molecule has 0 amide bonds. The second kappa shape index (κ2) is 4.51. The number of nitrogens with zero attached hydrogens (tertiary/aromatic N) is 5. The Labute approximate surface area is 121 Å². The molecule has 106 valence electrons. The van der Waals surface area contributed by atoms with E-state index in [0.717, 1.165) is 42.2 Å². The third kappa shape index (κ3) is 1.86. The molecule has 5 nitrogen and oxygen atoms in total. The molecule has 0 fully saturated rings. The Bertz CT molecular complexity index is 817. The second-order valence-electron chi connectivity index (χ2n) is 5.10. The van der Waals surface area contributed by atoms with Crippen LogP contribution in [0.5, 0.6) is 0 Å². The van der Waals surface area contributed by atoms with Crippen LogP contribution in [0.25, 0.3) is 17.2 Å². The fourth-order valence-electron chi connectivity index (χ4n) is 2.77. The Morgan fingerprint density at radius 2 is 2.10 bits per heavy atom. The summed E-state index contributed by atoms with van der Waals surface area (Å²) < 4.78 is 17.3. The van der Waals surface area contributed by atoms with Gasteiger partial charge < -0.3 is 0 Å². The van der Waals surface area contributed by atoms with Crippen LogP contribution in [0.2, 0.25) is 0 Å². The molecule has 4 rings (SSSR count). The highest BCUT2D eigenvalue weighted by Crippen LogP contribution is 2.29. The Morgan fingerprint density at radius 1 is 1.19 bits per heavy atom. The molecule has 1 aliphatic heterocycles. The number of halogens is 1. The summed E-state index contributed by atoms with van der Waals surface area (Å²) in [6, 6.07) is 6.78. The minimum atomic E-state index is -0.206. The van der Waals surface area contributed by atoms with E-state index < -0.39 is 0 Å². The standard InChI is InChI=1S/C15H14FN5/c1-2-20-8-7-12(19-20)15-18-17-14-6-3-10-9-11(16)4-5-13(10)21(14)15/h4-5,7-9H,2-3,6H2,1H3. The highest BCUT2D eigenvalue weighted by Gasteiger charge is 2.23. The molecule has 2 aromatic heterocycles. The summed E-state index contributed by atoms with van der Waals surface area (Å²) in [5.41, 5.74) is 2.72. The lowest BCUT2D eigenvalue weighted by atomic mass is 10.0. The number of hydrogen-bond acceptors (Lipinski definition) is 3. The SMILES string of the molecule is CCn1ccc(-c2nnc3n2-c2ccc(F)cc2CC3)n1. The van der Waals surface area contributed by atoms with Gasteiger partial charge in [0.15, 0.2) is 5.82 Å². The Morgan fingerprint density at radius 3 is 2.90 bits per heavy atom. The molecule has 0 bridgehead atoms. The van der Waals surface area contributed by atoms with Crippen molar-refractivity contribution in [3.63, 3.8) is 0 Å². The van der Waals surface area contributed by atoms with Crippen molar-refractivity contribution in [1.82, 2.24) is 24.5 Å². The van der Waals surface area contributed by atoms with Crippen LogP contribution in [-0.2, 0) is 19.4 Å². The second-order valence-corrected chi connectivity index (χ2v) is 5.10. The van der Waals surface area contributed by atoms with Gasteiger partial charge in [-0.25, -0.2) is 4.39 Å². The number of rotatable bonds is 2. The van der Waals surface area contributed by atoms with Crippen LogP contribution in [0, 0.1) is 5.82 Å². The van der Waals surface area contributed by atoms with Gasteiger partial charge in [-0.05, 0) is 43.2 Å². The normalized spacial score (nSPS) is 13.0. The Kier molecular flexibility index (Phi) is 2.63. The monoisotopic (exact) mass is 283 g/mol. The predicted molar refractivity (Wildman–Crippen MR) is 75.6 cm³/mol. The van der Waals surface area contributed by atoms with E-state index in [9.17, 15) is 4.39 Å². The molecule has 6 heteroatoms. The average Bonchev–Trinajstić information content (AvgIpc) is 3.12. The molecule has 0 spiro atoms. The first-order chi connectivity index (χ1) is 10.3. The van der Waals surface area contributed by atoms with Crippen LogP contribution in [0.1, 0.15) is 18.3 Å². The van der Waals surface area contributed by atoms with Crippen molar-refractivity contribution >= 4 is 0 Å². The number of aryl methyl sites for hydroxylation is 3. The molecular weight excluding hydrogens is 269 g/mol. The smallest absolute Gasteiger partial charge is 0.189 e. The van der Waals surface area contributed by atoms with E-state index in [1.54, 1.807) is 12.1 Å². The van der Waals surface area contributed by atoms with Gasteiger partial charge in [0.25, 0.3) is 0 Å². The molecule has 0 saturated heterocycles. The molecule has 0 saturated carbocycles.